The SMILES string of the molecule is COC(=O)C1=C(C(=O)OC)N2C=CC=C[C@]2(c2ccccc2)C(C(=O)OC)=C1C(=O)OC. The van der Waals surface area contributed by atoms with E-state index >= 15 is 0 Å². The molecule has 0 aliphatic carbocycles. The number of nitrogens with zero attached hydrogens (tertiary/aromatic N) is 1. The van der Waals surface area contributed by atoms with E-state index in [0.29, 0.717) is 5.56 Å². The monoisotopic (exact) mass is 439 g/mol. The van der Waals surface area contributed by atoms with Gasteiger partial charge in [-0.15, -0.1) is 0 Å². The molecular weight excluding hydrogens is 418 g/mol. The molecule has 9 heteroatoms. The molecule has 0 amide bonds. The number of rotatable bonds is 5. The van der Waals surface area contributed by atoms with E-state index in [2.05, 4.69) is 0 Å². The molecule has 0 radical (unpaired) electrons. The lowest BCUT2D eigenvalue weighted by Gasteiger charge is -2.47. The minimum Gasteiger partial charge on any atom is -0.466 e. The van der Waals surface area contributed by atoms with Crippen LogP contribution in [0.2, 0.25) is 0 Å². The Bertz CT molecular complexity index is 1100. The van der Waals surface area contributed by atoms with Gasteiger partial charge >= 0.3 is 23.9 Å². The Morgan fingerprint density at radius 3 is 1.84 bits per heavy atom. The van der Waals surface area contributed by atoms with E-state index in [9.17, 15) is 19.2 Å². The molecule has 0 saturated carbocycles. The number of esters is 4. The Kier molecular flexibility index (Phi) is 6.29. The van der Waals surface area contributed by atoms with Crippen LogP contribution < -0.4 is 0 Å². The topological polar surface area (TPSA) is 108 Å². The summed E-state index contributed by atoms with van der Waals surface area (Å²) in [6, 6.07) is 8.67. The van der Waals surface area contributed by atoms with Crippen LogP contribution in [0.25, 0.3) is 0 Å². The lowest BCUT2D eigenvalue weighted by atomic mass is 9.72. The number of carbonyl (C=O) groups is 4. The summed E-state index contributed by atoms with van der Waals surface area (Å²) in [4.78, 5) is 53.3. The van der Waals surface area contributed by atoms with Crippen molar-refractivity contribution in [1.82, 2.24) is 4.90 Å². The van der Waals surface area contributed by atoms with Crippen molar-refractivity contribution < 1.29 is 38.1 Å². The first kappa shape index (κ1) is 22.5. The second-order valence-electron chi connectivity index (χ2n) is 6.64. The van der Waals surface area contributed by atoms with Gasteiger partial charge in [-0.2, -0.15) is 0 Å². The third-order valence-electron chi connectivity index (χ3n) is 5.18. The average Bonchev–Trinajstić information content (AvgIpc) is 2.85. The molecule has 1 aromatic carbocycles. The Morgan fingerprint density at radius 2 is 1.28 bits per heavy atom. The predicted molar refractivity (Wildman–Crippen MR) is 110 cm³/mol. The van der Waals surface area contributed by atoms with Gasteiger partial charge in [0.1, 0.15) is 16.8 Å². The first-order valence-corrected chi connectivity index (χ1v) is 9.42. The third-order valence-corrected chi connectivity index (χ3v) is 5.18. The fraction of sp³-hybridized carbons (Fsp3) is 0.217. The molecule has 0 unspecified atom stereocenters. The number of hydrogen-bond donors (Lipinski definition) is 0. The highest BCUT2D eigenvalue weighted by molar-refractivity contribution is 6.17. The highest BCUT2D eigenvalue weighted by Crippen LogP contribution is 2.49. The fourth-order valence-electron chi connectivity index (χ4n) is 3.87. The molecule has 166 valence electrons. The minimum absolute atomic E-state index is 0.216. The molecule has 0 fully saturated rings. The van der Waals surface area contributed by atoms with Crippen molar-refractivity contribution in [2.24, 2.45) is 0 Å². The molecule has 0 bridgehead atoms. The quantitative estimate of drug-likeness (QED) is 0.498. The Hall–Kier alpha value is -4.14. The van der Waals surface area contributed by atoms with Gasteiger partial charge in [-0.25, -0.2) is 19.2 Å². The van der Waals surface area contributed by atoms with Crippen molar-refractivity contribution in [2.75, 3.05) is 28.4 Å². The number of carbonyl (C=O) groups excluding carboxylic acids is 4. The summed E-state index contributed by atoms with van der Waals surface area (Å²) < 4.78 is 19.7. The molecule has 0 saturated heterocycles. The van der Waals surface area contributed by atoms with E-state index in [-0.39, 0.29) is 11.3 Å². The van der Waals surface area contributed by atoms with E-state index in [0.717, 1.165) is 28.4 Å². The molecule has 2 aliphatic heterocycles. The number of allylic oxidation sites excluding steroid dienone is 2. The van der Waals surface area contributed by atoms with Crippen LogP contribution in [0.5, 0.6) is 0 Å². The summed E-state index contributed by atoms with van der Waals surface area (Å²) in [6.07, 6.45) is 6.38. The number of benzene rings is 1. The van der Waals surface area contributed by atoms with Crippen LogP contribution in [0.15, 0.2) is 77.2 Å². The van der Waals surface area contributed by atoms with Gasteiger partial charge < -0.3 is 23.8 Å². The fourth-order valence-corrected chi connectivity index (χ4v) is 3.87. The zero-order chi connectivity index (χ0) is 23.5. The maximum Gasteiger partial charge on any atom is 0.355 e. The summed E-state index contributed by atoms with van der Waals surface area (Å²) in [5.41, 5.74) is -2.44. The molecule has 2 heterocycles. The van der Waals surface area contributed by atoms with E-state index in [1.54, 1.807) is 48.6 Å². The lowest BCUT2D eigenvalue weighted by Crippen LogP contribution is -2.52. The Morgan fingerprint density at radius 1 is 0.719 bits per heavy atom. The predicted octanol–water partition coefficient (Wildman–Crippen LogP) is 1.52. The first-order valence-electron chi connectivity index (χ1n) is 9.42. The van der Waals surface area contributed by atoms with Gasteiger partial charge in [0.2, 0.25) is 0 Å². The first-order chi connectivity index (χ1) is 15.4. The number of ether oxygens (including phenoxy) is 4. The molecule has 9 nitrogen and oxygen atoms in total. The van der Waals surface area contributed by atoms with Crippen molar-refractivity contribution >= 4 is 23.9 Å². The molecular formula is C23H21NO8. The largest absolute Gasteiger partial charge is 0.466 e. The van der Waals surface area contributed by atoms with E-state index < -0.39 is 40.6 Å². The minimum atomic E-state index is -1.52. The van der Waals surface area contributed by atoms with E-state index in [1.807, 2.05) is 0 Å². The van der Waals surface area contributed by atoms with Crippen molar-refractivity contribution in [1.29, 1.82) is 0 Å². The second-order valence-corrected chi connectivity index (χ2v) is 6.64. The molecule has 32 heavy (non-hydrogen) atoms. The molecule has 1 atom stereocenters. The van der Waals surface area contributed by atoms with Gasteiger partial charge in [0, 0.05) is 6.20 Å². The molecule has 1 aromatic rings. The number of methoxy groups -OCH3 is 4. The summed E-state index contributed by atoms with van der Waals surface area (Å²) in [6.45, 7) is 0. The van der Waals surface area contributed by atoms with Crippen LogP contribution in [0.1, 0.15) is 5.56 Å². The second kappa shape index (κ2) is 8.93. The van der Waals surface area contributed by atoms with Crippen LogP contribution in [0.4, 0.5) is 0 Å². The zero-order valence-corrected chi connectivity index (χ0v) is 17.9. The average molecular weight is 439 g/mol. The van der Waals surface area contributed by atoms with Gasteiger partial charge in [0.25, 0.3) is 0 Å². The summed E-state index contributed by atoms with van der Waals surface area (Å²) in [7, 11) is 4.46. The molecule has 0 N–H and O–H groups in total. The van der Waals surface area contributed by atoms with Crippen molar-refractivity contribution in [3.63, 3.8) is 0 Å². The van der Waals surface area contributed by atoms with Gasteiger partial charge in [-0.3, -0.25) is 0 Å². The Labute approximate surface area is 184 Å². The number of fused-ring (bicyclic) bond motifs is 1. The van der Waals surface area contributed by atoms with Crippen LogP contribution in [0, 0.1) is 0 Å². The van der Waals surface area contributed by atoms with Crippen molar-refractivity contribution in [3.05, 3.63) is 82.7 Å². The van der Waals surface area contributed by atoms with Gasteiger partial charge in [-0.05, 0) is 17.7 Å². The van der Waals surface area contributed by atoms with E-state index in [1.165, 1.54) is 11.1 Å². The number of hydrogen-bond acceptors (Lipinski definition) is 9. The highest BCUT2D eigenvalue weighted by Gasteiger charge is 2.55. The van der Waals surface area contributed by atoms with Crippen molar-refractivity contribution in [2.45, 2.75) is 5.54 Å². The summed E-state index contributed by atoms with van der Waals surface area (Å²) in [5, 5.41) is 0. The summed E-state index contributed by atoms with van der Waals surface area (Å²) >= 11 is 0. The standard InChI is InChI=1S/C23H21NO8/c1-29-19(25)15-16(20(26)30-2)18(22(28)32-4)24-13-9-8-12-23(24,17(15)21(27)31-3)14-10-6-5-7-11-14/h5-13H,1-4H3/t23-/m0/s1. The van der Waals surface area contributed by atoms with Crippen LogP contribution in [0.3, 0.4) is 0 Å². The molecule has 2 aliphatic rings. The van der Waals surface area contributed by atoms with Gasteiger partial charge in [0.15, 0.2) is 0 Å². The lowest BCUT2D eigenvalue weighted by molar-refractivity contribution is -0.144. The molecule has 0 aromatic heterocycles. The molecule has 3 rings (SSSR count). The van der Waals surface area contributed by atoms with Crippen molar-refractivity contribution in [3.8, 4) is 0 Å². The highest BCUT2D eigenvalue weighted by atomic mass is 16.5. The van der Waals surface area contributed by atoms with Gasteiger partial charge in [0.05, 0.1) is 39.6 Å². The van der Waals surface area contributed by atoms with Crippen LogP contribution in [-0.4, -0.2) is 57.2 Å². The Balaban J connectivity index is 2.60. The third kappa shape index (κ3) is 3.27. The maximum absolute atomic E-state index is 13.2. The van der Waals surface area contributed by atoms with Crippen LogP contribution in [-0.2, 0) is 43.7 Å². The van der Waals surface area contributed by atoms with Gasteiger partial charge in [-0.1, -0.05) is 36.4 Å². The maximum atomic E-state index is 13.2. The smallest absolute Gasteiger partial charge is 0.355 e. The van der Waals surface area contributed by atoms with E-state index in [4.69, 9.17) is 18.9 Å². The zero-order valence-electron chi connectivity index (χ0n) is 17.9. The molecule has 0 spiro atoms. The normalized spacial score (nSPS) is 19.3. The van der Waals surface area contributed by atoms with Crippen LogP contribution >= 0.6 is 0 Å². The summed E-state index contributed by atoms with van der Waals surface area (Å²) in [5.74, 6) is -3.87.